The molecule has 0 unspecified atom stereocenters. The molecule has 1 amide bonds. The molecule has 0 aromatic carbocycles. The summed E-state index contributed by atoms with van der Waals surface area (Å²) in [5, 5.41) is 13.5. The van der Waals surface area contributed by atoms with Gasteiger partial charge in [-0.15, -0.1) is 0 Å². The topological polar surface area (TPSA) is 102 Å². The van der Waals surface area contributed by atoms with E-state index < -0.39 is 0 Å². The van der Waals surface area contributed by atoms with E-state index in [1.807, 2.05) is 13.8 Å². The molecule has 7 nitrogen and oxygen atoms in total. The highest BCUT2D eigenvalue weighted by atomic mass is 16.2. The van der Waals surface area contributed by atoms with Crippen molar-refractivity contribution in [1.82, 2.24) is 20.0 Å². The number of aryl methyl sites for hydroxylation is 3. The Hall–Kier alpha value is -2.31. The van der Waals surface area contributed by atoms with Crippen molar-refractivity contribution in [2.75, 3.05) is 11.1 Å². The van der Waals surface area contributed by atoms with Crippen molar-refractivity contribution in [3.63, 3.8) is 0 Å². The third kappa shape index (κ3) is 1.94. The smallest absolute Gasteiger partial charge is 0.277 e. The highest BCUT2D eigenvalue weighted by molar-refractivity contribution is 6.06. The van der Waals surface area contributed by atoms with Crippen LogP contribution < -0.4 is 11.1 Å². The number of hydrogen-bond acceptors (Lipinski definition) is 4. The van der Waals surface area contributed by atoms with Crippen LogP contribution in [0.25, 0.3) is 0 Å². The van der Waals surface area contributed by atoms with E-state index in [1.54, 1.807) is 17.8 Å². The summed E-state index contributed by atoms with van der Waals surface area (Å²) in [5.74, 6) is 0.281. The lowest BCUT2D eigenvalue weighted by molar-refractivity contribution is 0.101. The second-order valence-electron chi connectivity index (χ2n) is 4.05. The van der Waals surface area contributed by atoms with E-state index in [9.17, 15) is 4.79 Å². The molecule has 96 valence electrons. The van der Waals surface area contributed by atoms with Gasteiger partial charge in [0.05, 0.1) is 17.6 Å². The third-order valence-corrected chi connectivity index (χ3v) is 2.76. The van der Waals surface area contributed by atoms with Gasteiger partial charge in [0.1, 0.15) is 11.5 Å². The number of anilines is 2. The fourth-order valence-corrected chi connectivity index (χ4v) is 1.71. The number of nitrogens with one attached hydrogen (secondary N) is 2. The van der Waals surface area contributed by atoms with Crippen LogP contribution in [0, 0.1) is 13.8 Å². The van der Waals surface area contributed by atoms with Crippen molar-refractivity contribution in [2.45, 2.75) is 27.3 Å². The Balaban J connectivity index is 2.32. The molecule has 0 fully saturated rings. The second-order valence-corrected chi connectivity index (χ2v) is 4.05. The lowest BCUT2D eigenvalue weighted by Gasteiger charge is -2.06. The summed E-state index contributed by atoms with van der Waals surface area (Å²) in [5.41, 5.74) is 8.18. The highest BCUT2D eigenvalue weighted by Gasteiger charge is 2.19. The summed E-state index contributed by atoms with van der Waals surface area (Å²) >= 11 is 0. The van der Waals surface area contributed by atoms with E-state index >= 15 is 0 Å². The summed E-state index contributed by atoms with van der Waals surface area (Å²) in [4.78, 5) is 12.2. The molecule has 2 rings (SSSR count). The van der Waals surface area contributed by atoms with Crippen LogP contribution in [-0.2, 0) is 6.54 Å². The molecule has 4 N–H and O–H groups in total. The van der Waals surface area contributed by atoms with Crippen molar-refractivity contribution < 1.29 is 4.79 Å². The van der Waals surface area contributed by atoms with Gasteiger partial charge in [-0.1, -0.05) is 0 Å². The molecule has 0 atom stereocenters. The zero-order chi connectivity index (χ0) is 13.3. The minimum Gasteiger partial charge on any atom is -0.395 e. The maximum Gasteiger partial charge on any atom is 0.277 e. The second kappa shape index (κ2) is 4.52. The first-order valence-corrected chi connectivity index (χ1v) is 5.68. The van der Waals surface area contributed by atoms with Crippen molar-refractivity contribution in [1.29, 1.82) is 0 Å². The van der Waals surface area contributed by atoms with Gasteiger partial charge in [0.2, 0.25) is 0 Å². The Morgan fingerprint density at radius 3 is 2.83 bits per heavy atom. The van der Waals surface area contributed by atoms with Crippen LogP contribution in [0.5, 0.6) is 0 Å². The zero-order valence-electron chi connectivity index (χ0n) is 10.6. The molecule has 0 aliphatic carbocycles. The normalized spacial score (nSPS) is 10.6. The standard InChI is InChI=1S/C11H16N6O/c1-4-17-9(8(12)7(3)16-17)11(18)14-10-6(2)5-13-15-10/h5H,4,12H2,1-3H3,(H2,13,14,15,18). The number of H-pyrrole nitrogens is 1. The highest BCUT2D eigenvalue weighted by Crippen LogP contribution is 2.18. The Kier molecular flexibility index (Phi) is 3.05. The van der Waals surface area contributed by atoms with Gasteiger partial charge in [-0.2, -0.15) is 10.2 Å². The van der Waals surface area contributed by atoms with Crippen LogP contribution in [0.1, 0.15) is 28.7 Å². The first-order valence-electron chi connectivity index (χ1n) is 5.68. The van der Waals surface area contributed by atoms with Gasteiger partial charge >= 0.3 is 0 Å². The van der Waals surface area contributed by atoms with Crippen molar-refractivity contribution in [2.24, 2.45) is 0 Å². The van der Waals surface area contributed by atoms with E-state index in [-0.39, 0.29) is 5.91 Å². The molecule has 0 bridgehead atoms. The predicted octanol–water partition coefficient (Wildman–Crippen LogP) is 1.08. The third-order valence-electron chi connectivity index (χ3n) is 2.76. The largest absolute Gasteiger partial charge is 0.395 e. The van der Waals surface area contributed by atoms with Gasteiger partial charge in [0.15, 0.2) is 0 Å². The average molecular weight is 248 g/mol. The van der Waals surface area contributed by atoms with Crippen LogP contribution in [-0.4, -0.2) is 25.9 Å². The van der Waals surface area contributed by atoms with Gasteiger partial charge in [0.25, 0.3) is 5.91 Å². The summed E-state index contributed by atoms with van der Waals surface area (Å²) < 4.78 is 1.59. The summed E-state index contributed by atoms with van der Waals surface area (Å²) in [7, 11) is 0. The number of hydrogen-bond donors (Lipinski definition) is 3. The van der Waals surface area contributed by atoms with Crippen molar-refractivity contribution in [3.05, 3.63) is 23.1 Å². The van der Waals surface area contributed by atoms with Gasteiger partial charge in [-0.05, 0) is 20.8 Å². The number of rotatable bonds is 3. The SMILES string of the molecule is CCn1nc(C)c(N)c1C(=O)Nc1[nH]ncc1C. The number of amides is 1. The van der Waals surface area contributed by atoms with Gasteiger partial charge in [0, 0.05) is 12.1 Å². The molecule has 0 aliphatic heterocycles. The number of aromatic nitrogens is 4. The van der Waals surface area contributed by atoms with Crippen LogP contribution >= 0.6 is 0 Å². The quantitative estimate of drug-likeness (QED) is 0.756. The van der Waals surface area contributed by atoms with Crippen LogP contribution in [0.3, 0.4) is 0 Å². The first kappa shape index (κ1) is 12.2. The van der Waals surface area contributed by atoms with E-state index in [2.05, 4.69) is 20.6 Å². The Labute approximate surface area is 104 Å². The molecule has 0 radical (unpaired) electrons. The van der Waals surface area contributed by atoms with Crippen LogP contribution in [0.2, 0.25) is 0 Å². The molecule has 0 aliphatic rings. The minimum atomic E-state index is -0.290. The molecule has 7 heteroatoms. The molecule has 18 heavy (non-hydrogen) atoms. The van der Waals surface area contributed by atoms with Gasteiger partial charge < -0.3 is 11.1 Å². The minimum absolute atomic E-state index is 0.290. The Bertz CT molecular complexity index is 582. The summed E-state index contributed by atoms with van der Waals surface area (Å²) in [6, 6.07) is 0. The fraction of sp³-hybridized carbons (Fsp3) is 0.364. The molecule has 0 saturated heterocycles. The molecule has 2 heterocycles. The molecule has 2 aromatic heterocycles. The molecule has 2 aromatic rings. The number of nitrogens with two attached hydrogens (primary N) is 1. The maximum atomic E-state index is 12.2. The van der Waals surface area contributed by atoms with E-state index in [0.717, 1.165) is 5.56 Å². The lowest BCUT2D eigenvalue weighted by Crippen LogP contribution is -2.19. The number of carbonyl (C=O) groups is 1. The van der Waals surface area contributed by atoms with Crippen LogP contribution in [0.4, 0.5) is 11.5 Å². The molecular formula is C11H16N6O. The van der Waals surface area contributed by atoms with E-state index in [0.29, 0.717) is 29.4 Å². The van der Waals surface area contributed by atoms with Gasteiger partial charge in [-0.25, -0.2) is 0 Å². The molecule has 0 saturated carbocycles. The fourth-order valence-electron chi connectivity index (χ4n) is 1.71. The van der Waals surface area contributed by atoms with E-state index in [4.69, 9.17) is 5.73 Å². The Morgan fingerprint density at radius 2 is 2.28 bits per heavy atom. The summed E-state index contributed by atoms with van der Waals surface area (Å²) in [6.45, 7) is 6.12. The number of carbonyl (C=O) groups excluding carboxylic acids is 1. The number of nitrogen functional groups attached to an aromatic ring is 1. The number of aromatic amines is 1. The monoisotopic (exact) mass is 248 g/mol. The maximum absolute atomic E-state index is 12.2. The Morgan fingerprint density at radius 1 is 1.56 bits per heavy atom. The lowest BCUT2D eigenvalue weighted by atomic mass is 10.3. The number of nitrogens with zero attached hydrogens (tertiary/aromatic N) is 3. The predicted molar refractivity (Wildman–Crippen MR) is 68.3 cm³/mol. The van der Waals surface area contributed by atoms with Crippen LogP contribution in [0.15, 0.2) is 6.20 Å². The van der Waals surface area contributed by atoms with Gasteiger partial charge in [-0.3, -0.25) is 14.6 Å². The summed E-state index contributed by atoms with van der Waals surface area (Å²) in [6.07, 6.45) is 1.64. The molecular weight excluding hydrogens is 232 g/mol. The average Bonchev–Trinajstić information content (AvgIpc) is 2.85. The van der Waals surface area contributed by atoms with E-state index in [1.165, 1.54) is 0 Å². The van der Waals surface area contributed by atoms with Crippen molar-refractivity contribution >= 4 is 17.4 Å². The van der Waals surface area contributed by atoms with Crippen molar-refractivity contribution in [3.8, 4) is 0 Å². The molecule has 0 spiro atoms. The first-order chi connectivity index (χ1) is 8.54. The zero-order valence-corrected chi connectivity index (χ0v) is 10.6.